The van der Waals surface area contributed by atoms with Crippen molar-refractivity contribution in [1.82, 2.24) is 10.2 Å². The van der Waals surface area contributed by atoms with Crippen molar-refractivity contribution in [2.24, 2.45) is 5.92 Å². The molecule has 3 aromatic rings. The zero-order valence-corrected chi connectivity index (χ0v) is 25.5. The second-order valence-electron chi connectivity index (χ2n) is 10.5. The van der Waals surface area contributed by atoms with Gasteiger partial charge in [0.05, 0.1) is 10.6 Å². The SMILES string of the molecule is Cc1ccc(S(=O)(=O)N(CC(=O)N(Cc2ccc(Cl)cc2)C(C)C(=O)NCC(C)C)c2cccc(C)c2C)cc1. The van der Waals surface area contributed by atoms with E-state index in [0.29, 0.717) is 17.3 Å². The van der Waals surface area contributed by atoms with Crippen molar-refractivity contribution in [3.8, 4) is 0 Å². The van der Waals surface area contributed by atoms with Crippen LogP contribution in [0.5, 0.6) is 0 Å². The quantitative estimate of drug-likeness (QED) is 0.316. The molecule has 0 heterocycles. The third-order valence-corrected chi connectivity index (χ3v) is 8.88. The molecule has 1 unspecified atom stereocenters. The molecular weight excluding hydrogens is 546 g/mol. The van der Waals surface area contributed by atoms with E-state index in [1.54, 1.807) is 67.6 Å². The van der Waals surface area contributed by atoms with Crippen LogP contribution in [-0.2, 0) is 26.2 Å². The largest absolute Gasteiger partial charge is 0.354 e. The number of carbonyl (C=O) groups is 2. The molecule has 9 heteroatoms. The number of sulfonamides is 1. The van der Waals surface area contributed by atoms with Crippen LogP contribution in [-0.4, -0.2) is 44.3 Å². The lowest BCUT2D eigenvalue weighted by Gasteiger charge is -2.32. The smallest absolute Gasteiger partial charge is 0.264 e. The van der Waals surface area contributed by atoms with Crippen molar-refractivity contribution in [3.05, 3.63) is 94.0 Å². The summed E-state index contributed by atoms with van der Waals surface area (Å²) in [5, 5.41) is 3.44. The molecule has 3 rings (SSSR count). The molecule has 0 fully saturated rings. The van der Waals surface area contributed by atoms with Crippen LogP contribution in [0.4, 0.5) is 5.69 Å². The fourth-order valence-corrected chi connectivity index (χ4v) is 5.78. The first-order valence-electron chi connectivity index (χ1n) is 13.3. The predicted octanol–water partition coefficient (Wildman–Crippen LogP) is 5.65. The molecule has 0 bridgehead atoms. The molecule has 0 radical (unpaired) electrons. The zero-order valence-electron chi connectivity index (χ0n) is 23.9. The fourth-order valence-electron chi connectivity index (χ4n) is 4.18. The Morgan fingerprint density at radius 3 is 2.12 bits per heavy atom. The van der Waals surface area contributed by atoms with Gasteiger partial charge < -0.3 is 10.2 Å². The molecule has 0 saturated carbocycles. The highest BCUT2D eigenvalue weighted by Gasteiger charge is 2.33. The van der Waals surface area contributed by atoms with Gasteiger partial charge in [0, 0.05) is 18.1 Å². The minimum atomic E-state index is -4.12. The monoisotopic (exact) mass is 583 g/mol. The average Bonchev–Trinajstić information content (AvgIpc) is 2.91. The summed E-state index contributed by atoms with van der Waals surface area (Å²) in [6, 6.07) is 18.1. The average molecular weight is 584 g/mol. The topological polar surface area (TPSA) is 86.8 Å². The molecule has 0 aliphatic rings. The lowest BCUT2D eigenvalue weighted by atomic mass is 10.1. The van der Waals surface area contributed by atoms with E-state index in [-0.39, 0.29) is 23.3 Å². The molecule has 214 valence electrons. The van der Waals surface area contributed by atoms with Gasteiger partial charge in [0.1, 0.15) is 12.6 Å². The molecule has 2 amide bonds. The Hall–Kier alpha value is -3.36. The third-order valence-electron chi connectivity index (χ3n) is 6.85. The maximum absolute atomic E-state index is 14.0. The molecule has 0 spiro atoms. The minimum absolute atomic E-state index is 0.0822. The van der Waals surface area contributed by atoms with Crippen LogP contribution < -0.4 is 9.62 Å². The van der Waals surface area contributed by atoms with Crippen LogP contribution in [0.2, 0.25) is 5.02 Å². The molecule has 3 aromatic carbocycles. The summed E-state index contributed by atoms with van der Waals surface area (Å²) in [4.78, 5) is 28.6. The standard InChI is InChI=1S/C31H38ClN3O4S/c1-21(2)18-33-31(37)25(6)34(19-26-12-14-27(32)15-13-26)30(36)20-35(29-9-7-8-23(4)24(29)5)40(38,39)28-16-10-22(3)11-17-28/h7-17,21,25H,18-20H2,1-6H3,(H,33,37). The predicted molar refractivity (Wildman–Crippen MR) is 161 cm³/mol. The summed E-state index contributed by atoms with van der Waals surface area (Å²) in [7, 11) is -4.12. The number of rotatable bonds is 11. The van der Waals surface area contributed by atoms with Crippen molar-refractivity contribution in [1.29, 1.82) is 0 Å². The molecule has 0 aliphatic heterocycles. The van der Waals surface area contributed by atoms with Gasteiger partial charge in [-0.3, -0.25) is 13.9 Å². The van der Waals surface area contributed by atoms with Gasteiger partial charge in [-0.05, 0) is 80.6 Å². The Morgan fingerprint density at radius 1 is 0.900 bits per heavy atom. The van der Waals surface area contributed by atoms with Crippen LogP contribution in [0, 0.1) is 26.7 Å². The Morgan fingerprint density at radius 2 is 1.52 bits per heavy atom. The van der Waals surface area contributed by atoms with Gasteiger partial charge in [-0.25, -0.2) is 8.42 Å². The number of amides is 2. The first kappa shape index (κ1) is 31.2. The number of halogens is 1. The number of carbonyl (C=O) groups excluding carboxylic acids is 2. The molecule has 7 nitrogen and oxygen atoms in total. The normalized spacial score (nSPS) is 12.2. The van der Waals surface area contributed by atoms with Crippen molar-refractivity contribution in [3.63, 3.8) is 0 Å². The summed E-state index contributed by atoms with van der Waals surface area (Å²) >= 11 is 6.06. The van der Waals surface area contributed by atoms with Crippen LogP contribution in [0.15, 0.2) is 71.6 Å². The van der Waals surface area contributed by atoms with Gasteiger partial charge in [-0.2, -0.15) is 0 Å². The third kappa shape index (κ3) is 7.64. The zero-order chi connectivity index (χ0) is 29.6. The van der Waals surface area contributed by atoms with Gasteiger partial charge in [0.2, 0.25) is 11.8 Å². The van der Waals surface area contributed by atoms with E-state index in [1.807, 2.05) is 40.7 Å². The minimum Gasteiger partial charge on any atom is -0.354 e. The molecule has 1 atom stereocenters. The van der Waals surface area contributed by atoms with E-state index in [1.165, 1.54) is 4.90 Å². The van der Waals surface area contributed by atoms with E-state index in [2.05, 4.69) is 5.32 Å². The molecule has 40 heavy (non-hydrogen) atoms. The van der Waals surface area contributed by atoms with Crippen LogP contribution in [0.3, 0.4) is 0 Å². The molecule has 0 aromatic heterocycles. The number of nitrogens with zero attached hydrogens (tertiary/aromatic N) is 2. The molecular formula is C31H38ClN3O4S. The number of hydrogen-bond donors (Lipinski definition) is 1. The summed E-state index contributed by atoms with van der Waals surface area (Å²) in [6.45, 7) is 11.3. The Balaban J connectivity index is 2.05. The molecule has 1 N–H and O–H groups in total. The van der Waals surface area contributed by atoms with E-state index in [4.69, 9.17) is 11.6 Å². The number of nitrogens with one attached hydrogen (secondary N) is 1. The second-order valence-corrected chi connectivity index (χ2v) is 12.8. The molecule has 0 saturated heterocycles. The second kappa shape index (κ2) is 13.3. The van der Waals surface area contributed by atoms with Crippen molar-refractivity contribution in [2.45, 2.75) is 59.0 Å². The summed E-state index contributed by atoms with van der Waals surface area (Å²) in [5.41, 5.74) is 3.74. The lowest BCUT2D eigenvalue weighted by molar-refractivity contribution is -0.139. The van der Waals surface area contributed by atoms with Crippen molar-refractivity contribution in [2.75, 3.05) is 17.4 Å². The number of hydrogen-bond acceptors (Lipinski definition) is 4. The number of aryl methyl sites for hydroxylation is 2. The van der Waals surface area contributed by atoms with E-state index in [0.717, 1.165) is 26.6 Å². The first-order valence-corrected chi connectivity index (χ1v) is 15.1. The first-order chi connectivity index (χ1) is 18.8. The summed E-state index contributed by atoms with van der Waals surface area (Å²) in [5.74, 6) is -0.578. The maximum Gasteiger partial charge on any atom is 0.264 e. The lowest BCUT2D eigenvalue weighted by Crippen LogP contribution is -2.51. The van der Waals surface area contributed by atoms with Crippen LogP contribution >= 0.6 is 11.6 Å². The van der Waals surface area contributed by atoms with Crippen LogP contribution in [0.25, 0.3) is 0 Å². The molecule has 0 aliphatic carbocycles. The highest BCUT2D eigenvalue weighted by atomic mass is 35.5. The number of anilines is 1. The highest BCUT2D eigenvalue weighted by Crippen LogP contribution is 2.29. The summed E-state index contributed by atoms with van der Waals surface area (Å²) < 4.78 is 29.2. The van der Waals surface area contributed by atoms with E-state index >= 15 is 0 Å². The fraction of sp³-hybridized carbons (Fsp3) is 0.355. The van der Waals surface area contributed by atoms with Gasteiger partial charge in [-0.15, -0.1) is 0 Å². The summed E-state index contributed by atoms with van der Waals surface area (Å²) in [6.07, 6.45) is 0. The number of benzene rings is 3. The highest BCUT2D eigenvalue weighted by molar-refractivity contribution is 7.92. The maximum atomic E-state index is 14.0. The Bertz CT molecular complexity index is 1440. The van der Waals surface area contributed by atoms with Crippen molar-refractivity contribution >= 4 is 39.1 Å². The Labute approximate surface area is 243 Å². The van der Waals surface area contributed by atoms with Gasteiger partial charge in [0.15, 0.2) is 0 Å². The van der Waals surface area contributed by atoms with Gasteiger partial charge in [0.25, 0.3) is 10.0 Å². The Kier molecular flexibility index (Phi) is 10.4. The van der Waals surface area contributed by atoms with E-state index < -0.39 is 28.5 Å². The van der Waals surface area contributed by atoms with Crippen LogP contribution in [0.1, 0.15) is 43.0 Å². The van der Waals surface area contributed by atoms with Crippen molar-refractivity contribution < 1.29 is 18.0 Å². The van der Waals surface area contributed by atoms with E-state index in [9.17, 15) is 18.0 Å². The van der Waals surface area contributed by atoms with Gasteiger partial charge >= 0.3 is 0 Å². The van der Waals surface area contributed by atoms with Gasteiger partial charge in [-0.1, -0.05) is 67.4 Å².